The van der Waals surface area contributed by atoms with Crippen molar-refractivity contribution in [1.82, 2.24) is 25.9 Å². The van der Waals surface area contributed by atoms with E-state index in [-0.39, 0.29) is 25.7 Å². The molecule has 4 atom stereocenters. The summed E-state index contributed by atoms with van der Waals surface area (Å²) in [6.45, 7) is 0.835. The lowest BCUT2D eigenvalue weighted by molar-refractivity contribution is -0.142. The first-order valence-electron chi connectivity index (χ1n) is 12.6. The van der Waals surface area contributed by atoms with Crippen LogP contribution in [-0.4, -0.2) is 81.9 Å². The van der Waals surface area contributed by atoms with Crippen LogP contribution in [0.2, 0.25) is 0 Å². The summed E-state index contributed by atoms with van der Waals surface area (Å²) in [4.78, 5) is 68.6. The van der Waals surface area contributed by atoms with Crippen LogP contribution in [0, 0.1) is 0 Å². The SMILES string of the molecule is NCCCCC(N)C(=O)NC(CCC(N)=O)C(=O)NC(Cc1cnc[nH]1)C(=O)NC(CCCCN)C(=O)O. The zero-order valence-electron chi connectivity index (χ0n) is 21.5. The van der Waals surface area contributed by atoms with Crippen molar-refractivity contribution in [2.75, 3.05) is 13.1 Å². The van der Waals surface area contributed by atoms with Gasteiger partial charge in [-0.2, -0.15) is 0 Å². The standard InChI is InChI=1S/C23H41N9O6/c24-9-3-1-5-15(26)20(34)30-16(7-8-19(27)33)21(35)32-18(11-14-12-28-13-29-14)22(36)31-17(23(37)38)6-2-4-10-25/h12-13,15-18H,1-11,24-26H2,(H2,27,33)(H,28,29)(H,30,34)(H,31,36)(H,32,35)(H,37,38). The van der Waals surface area contributed by atoms with Crippen LogP contribution in [0.4, 0.5) is 0 Å². The average Bonchev–Trinajstić information content (AvgIpc) is 3.38. The molecule has 0 saturated heterocycles. The molecule has 0 fully saturated rings. The molecule has 0 bridgehead atoms. The number of nitrogens with two attached hydrogens (primary N) is 4. The van der Waals surface area contributed by atoms with E-state index >= 15 is 0 Å². The Balaban J connectivity index is 3.02. The summed E-state index contributed by atoms with van der Waals surface area (Å²) in [7, 11) is 0. The fraction of sp³-hybridized carbons (Fsp3) is 0.652. The number of nitrogens with one attached hydrogen (secondary N) is 4. The number of H-pyrrole nitrogens is 1. The quantitative estimate of drug-likeness (QED) is 0.0775. The third kappa shape index (κ3) is 12.6. The molecule has 1 heterocycles. The zero-order chi connectivity index (χ0) is 28.5. The van der Waals surface area contributed by atoms with Crippen LogP contribution in [0.15, 0.2) is 12.5 Å². The van der Waals surface area contributed by atoms with Crippen LogP contribution in [0.5, 0.6) is 0 Å². The number of nitrogens with zero attached hydrogens (tertiary/aromatic N) is 1. The molecular weight excluding hydrogens is 498 g/mol. The molecular formula is C23H41N9O6. The molecule has 1 rings (SSSR count). The summed E-state index contributed by atoms with van der Waals surface area (Å²) in [6.07, 6.45) is 5.34. The van der Waals surface area contributed by atoms with Crippen molar-refractivity contribution in [3.63, 3.8) is 0 Å². The minimum Gasteiger partial charge on any atom is -0.480 e. The molecule has 38 heavy (non-hydrogen) atoms. The van der Waals surface area contributed by atoms with Crippen molar-refractivity contribution in [2.24, 2.45) is 22.9 Å². The lowest BCUT2D eigenvalue weighted by atomic mass is 10.0. The lowest BCUT2D eigenvalue weighted by Crippen LogP contribution is -2.57. The second-order valence-corrected chi connectivity index (χ2v) is 8.98. The predicted molar refractivity (Wildman–Crippen MR) is 138 cm³/mol. The molecule has 15 heteroatoms. The van der Waals surface area contributed by atoms with Gasteiger partial charge < -0.3 is 49.0 Å². The van der Waals surface area contributed by atoms with Gasteiger partial charge in [0, 0.05) is 24.7 Å². The van der Waals surface area contributed by atoms with Gasteiger partial charge in [0.05, 0.1) is 12.4 Å². The fourth-order valence-electron chi connectivity index (χ4n) is 3.59. The highest BCUT2D eigenvalue weighted by molar-refractivity contribution is 5.94. The van der Waals surface area contributed by atoms with Gasteiger partial charge in [-0.1, -0.05) is 6.42 Å². The number of unbranched alkanes of at least 4 members (excludes halogenated alkanes) is 2. The molecule has 0 aromatic carbocycles. The van der Waals surface area contributed by atoms with Crippen LogP contribution in [0.25, 0.3) is 0 Å². The second kappa shape index (κ2) is 17.8. The Hall–Kier alpha value is -3.56. The van der Waals surface area contributed by atoms with Gasteiger partial charge >= 0.3 is 5.97 Å². The molecule has 1 aromatic rings. The van der Waals surface area contributed by atoms with Crippen molar-refractivity contribution in [2.45, 2.75) is 82.0 Å². The highest BCUT2D eigenvalue weighted by Crippen LogP contribution is 2.07. The highest BCUT2D eigenvalue weighted by Gasteiger charge is 2.30. The first-order chi connectivity index (χ1) is 18.1. The van der Waals surface area contributed by atoms with Gasteiger partial charge in [-0.15, -0.1) is 0 Å². The number of carboxylic acid groups (broad SMARTS) is 1. The molecule has 15 nitrogen and oxygen atoms in total. The first kappa shape index (κ1) is 32.5. The van der Waals surface area contributed by atoms with E-state index in [2.05, 4.69) is 25.9 Å². The van der Waals surface area contributed by atoms with Crippen molar-refractivity contribution in [1.29, 1.82) is 0 Å². The topological polar surface area (TPSA) is 274 Å². The molecule has 214 valence electrons. The normalized spacial score (nSPS) is 14.1. The Labute approximate surface area is 221 Å². The number of rotatable bonds is 20. The minimum absolute atomic E-state index is 0.0399. The number of carbonyl (C=O) groups is 5. The Kier molecular flexibility index (Phi) is 15.2. The molecule has 0 radical (unpaired) electrons. The van der Waals surface area contributed by atoms with Gasteiger partial charge in [0.25, 0.3) is 0 Å². The predicted octanol–water partition coefficient (Wildman–Crippen LogP) is -2.66. The van der Waals surface area contributed by atoms with Gasteiger partial charge in [0.1, 0.15) is 18.1 Å². The number of carbonyl (C=O) groups excluding carboxylic acids is 4. The van der Waals surface area contributed by atoms with E-state index < -0.39 is 53.8 Å². The molecule has 0 saturated carbocycles. The smallest absolute Gasteiger partial charge is 0.326 e. The summed E-state index contributed by atoms with van der Waals surface area (Å²) in [5.74, 6) is -4.02. The second-order valence-electron chi connectivity index (χ2n) is 8.98. The van der Waals surface area contributed by atoms with Crippen molar-refractivity contribution in [3.05, 3.63) is 18.2 Å². The number of hydrogen-bond donors (Lipinski definition) is 9. The van der Waals surface area contributed by atoms with Crippen molar-refractivity contribution < 1.29 is 29.1 Å². The number of imidazole rings is 1. The number of hydrogen-bond acceptors (Lipinski definition) is 9. The van der Waals surface area contributed by atoms with E-state index in [1.54, 1.807) is 0 Å². The monoisotopic (exact) mass is 539 g/mol. The summed E-state index contributed by atoms with van der Waals surface area (Å²) in [5, 5.41) is 17.0. The van der Waals surface area contributed by atoms with Crippen LogP contribution in [0.1, 0.15) is 57.1 Å². The maximum absolute atomic E-state index is 13.2. The minimum atomic E-state index is -1.22. The zero-order valence-corrected chi connectivity index (χ0v) is 21.5. The van der Waals surface area contributed by atoms with E-state index in [1.807, 2.05) is 0 Å². The van der Waals surface area contributed by atoms with Crippen LogP contribution < -0.4 is 38.9 Å². The molecule has 13 N–H and O–H groups in total. The van der Waals surface area contributed by atoms with Gasteiger partial charge in [-0.25, -0.2) is 9.78 Å². The highest BCUT2D eigenvalue weighted by atomic mass is 16.4. The van der Waals surface area contributed by atoms with Gasteiger partial charge in [0.2, 0.25) is 23.6 Å². The molecule has 0 spiro atoms. The third-order valence-corrected chi connectivity index (χ3v) is 5.79. The van der Waals surface area contributed by atoms with E-state index in [0.29, 0.717) is 50.9 Å². The van der Waals surface area contributed by atoms with Gasteiger partial charge in [0.15, 0.2) is 0 Å². The summed E-state index contributed by atoms with van der Waals surface area (Å²) >= 11 is 0. The van der Waals surface area contributed by atoms with Gasteiger partial charge in [-0.3, -0.25) is 19.2 Å². The van der Waals surface area contributed by atoms with Crippen LogP contribution in [-0.2, 0) is 30.4 Å². The lowest BCUT2D eigenvalue weighted by Gasteiger charge is -2.25. The number of primary amides is 1. The molecule has 0 aliphatic rings. The molecule has 4 unspecified atom stereocenters. The molecule has 0 aliphatic heterocycles. The Bertz CT molecular complexity index is 896. The number of aromatic nitrogens is 2. The van der Waals surface area contributed by atoms with E-state index in [9.17, 15) is 29.1 Å². The van der Waals surface area contributed by atoms with Crippen LogP contribution >= 0.6 is 0 Å². The van der Waals surface area contributed by atoms with Crippen LogP contribution in [0.3, 0.4) is 0 Å². The maximum atomic E-state index is 13.2. The summed E-state index contributed by atoms with van der Waals surface area (Å²) in [6, 6.07) is -4.52. The number of carboxylic acids is 1. The summed E-state index contributed by atoms with van der Waals surface area (Å²) in [5.41, 5.74) is 22.6. The molecule has 1 aromatic heterocycles. The van der Waals surface area contributed by atoms with E-state index in [4.69, 9.17) is 22.9 Å². The van der Waals surface area contributed by atoms with E-state index in [0.717, 1.165) is 0 Å². The number of aromatic amines is 1. The number of aliphatic carboxylic acids is 1. The number of amides is 4. The Morgan fingerprint density at radius 3 is 1.97 bits per heavy atom. The van der Waals surface area contributed by atoms with Crippen molar-refractivity contribution in [3.8, 4) is 0 Å². The molecule has 0 aliphatic carbocycles. The third-order valence-electron chi connectivity index (χ3n) is 5.79. The molecule has 4 amide bonds. The first-order valence-corrected chi connectivity index (χ1v) is 12.6. The average molecular weight is 540 g/mol. The summed E-state index contributed by atoms with van der Waals surface area (Å²) < 4.78 is 0. The maximum Gasteiger partial charge on any atom is 0.326 e. The largest absolute Gasteiger partial charge is 0.480 e. The van der Waals surface area contributed by atoms with Crippen molar-refractivity contribution >= 4 is 29.6 Å². The fourth-order valence-corrected chi connectivity index (χ4v) is 3.59. The Morgan fingerprint density at radius 2 is 1.42 bits per heavy atom. The van der Waals surface area contributed by atoms with Gasteiger partial charge in [-0.05, 0) is 51.6 Å². The Morgan fingerprint density at radius 1 is 0.842 bits per heavy atom. The van der Waals surface area contributed by atoms with E-state index in [1.165, 1.54) is 12.5 Å².